The van der Waals surface area contributed by atoms with Gasteiger partial charge in [0.15, 0.2) is 0 Å². The molecule has 2 N–H and O–H groups in total. The Morgan fingerprint density at radius 3 is 2.80 bits per heavy atom. The van der Waals surface area contributed by atoms with E-state index in [0.29, 0.717) is 17.9 Å². The van der Waals surface area contributed by atoms with Crippen LogP contribution < -0.4 is 10.6 Å². The summed E-state index contributed by atoms with van der Waals surface area (Å²) in [5.41, 5.74) is 7.73. The van der Waals surface area contributed by atoms with Crippen LogP contribution in [0.3, 0.4) is 0 Å². The number of hydrogen-bond donors (Lipinski definition) is 1. The summed E-state index contributed by atoms with van der Waals surface area (Å²) in [5, 5.41) is 8.73. The van der Waals surface area contributed by atoms with Crippen molar-refractivity contribution < 1.29 is 4.74 Å². The second-order valence-corrected chi connectivity index (χ2v) is 3.30. The SMILES string of the molecule is COCCN(C)c1ccc(C#N)c(N)c1. The zero-order chi connectivity index (χ0) is 11.3. The maximum atomic E-state index is 8.73. The maximum absolute atomic E-state index is 8.73. The first-order valence-electron chi connectivity index (χ1n) is 4.68. The predicted molar refractivity (Wildman–Crippen MR) is 60.7 cm³/mol. The Hall–Kier alpha value is -1.73. The van der Waals surface area contributed by atoms with Crippen LogP contribution in [0.15, 0.2) is 18.2 Å². The Morgan fingerprint density at radius 2 is 2.27 bits per heavy atom. The first-order chi connectivity index (χ1) is 7.19. The molecule has 0 aliphatic heterocycles. The zero-order valence-electron chi connectivity index (χ0n) is 9.03. The number of nitrogen functional groups attached to an aromatic ring is 1. The molecule has 0 unspecified atom stereocenters. The smallest absolute Gasteiger partial charge is 0.101 e. The van der Waals surface area contributed by atoms with E-state index in [1.54, 1.807) is 19.2 Å². The molecule has 0 bridgehead atoms. The fourth-order valence-electron chi connectivity index (χ4n) is 1.25. The van der Waals surface area contributed by atoms with Crippen molar-refractivity contribution in [3.05, 3.63) is 23.8 Å². The van der Waals surface area contributed by atoms with Crippen molar-refractivity contribution in [3.8, 4) is 6.07 Å². The molecule has 0 saturated heterocycles. The summed E-state index contributed by atoms with van der Waals surface area (Å²) in [5.74, 6) is 0. The van der Waals surface area contributed by atoms with E-state index in [9.17, 15) is 0 Å². The lowest BCUT2D eigenvalue weighted by Crippen LogP contribution is -2.22. The van der Waals surface area contributed by atoms with Crippen molar-refractivity contribution in [2.75, 3.05) is 37.9 Å². The zero-order valence-corrected chi connectivity index (χ0v) is 9.03. The maximum Gasteiger partial charge on any atom is 0.101 e. The molecule has 0 amide bonds. The van der Waals surface area contributed by atoms with Gasteiger partial charge in [-0.2, -0.15) is 5.26 Å². The van der Waals surface area contributed by atoms with E-state index in [1.165, 1.54) is 0 Å². The largest absolute Gasteiger partial charge is 0.398 e. The topological polar surface area (TPSA) is 62.3 Å². The molecule has 0 spiro atoms. The fourth-order valence-corrected chi connectivity index (χ4v) is 1.25. The third-order valence-corrected chi connectivity index (χ3v) is 2.23. The summed E-state index contributed by atoms with van der Waals surface area (Å²) in [6.07, 6.45) is 0. The summed E-state index contributed by atoms with van der Waals surface area (Å²) in [6.45, 7) is 1.46. The second kappa shape index (κ2) is 5.23. The molecule has 0 atom stereocenters. The molecule has 1 aromatic carbocycles. The number of methoxy groups -OCH3 is 1. The number of benzene rings is 1. The lowest BCUT2D eigenvalue weighted by Gasteiger charge is -2.19. The molecule has 0 saturated carbocycles. The minimum atomic E-state index is 0.513. The Balaban J connectivity index is 2.79. The van der Waals surface area contributed by atoms with Crippen molar-refractivity contribution in [1.29, 1.82) is 5.26 Å². The molecule has 0 heterocycles. The van der Waals surface area contributed by atoms with Crippen LogP contribution in [0.2, 0.25) is 0 Å². The highest BCUT2D eigenvalue weighted by Crippen LogP contribution is 2.19. The standard InChI is InChI=1S/C11H15N3O/c1-14(5-6-15-2)10-4-3-9(8-12)11(13)7-10/h3-4,7H,5-6,13H2,1-2H3. The van der Waals surface area contributed by atoms with Gasteiger partial charge < -0.3 is 15.4 Å². The molecule has 0 radical (unpaired) electrons. The van der Waals surface area contributed by atoms with Gasteiger partial charge in [0.25, 0.3) is 0 Å². The summed E-state index contributed by atoms with van der Waals surface area (Å²) < 4.78 is 4.98. The Morgan fingerprint density at radius 1 is 1.53 bits per heavy atom. The summed E-state index contributed by atoms with van der Waals surface area (Å²) in [4.78, 5) is 2.03. The number of nitrogens with zero attached hydrogens (tertiary/aromatic N) is 2. The number of hydrogen-bond acceptors (Lipinski definition) is 4. The van der Waals surface area contributed by atoms with Gasteiger partial charge in [-0.05, 0) is 18.2 Å². The van der Waals surface area contributed by atoms with Gasteiger partial charge in [-0.15, -0.1) is 0 Å². The van der Waals surface area contributed by atoms with E-state index < -0.39 is 0 Å². The third-order valence-electron chi connectivity index (χ3n) is 2.23. The normalized spacial score (nSPS) is 9.67. The Bertz CT molecular complexity index is 371. The van der Waals surface area contributed by atoms with Gasteiger partial charge in [-0.25, -0.2) is 0 Å². The quantitative estimate of drug-likeness (QED) is 0.751. The van der Waals surface area contributed by atoms with E-state index in [2.05, 4.69) is 0 Å². The number of rotatable bonds is 4. The van der Waals surface area contributed by atoms with Crippen molar-refractivity contribution in [2.24, 2.45) is 0 Å². The molecule has 15 heavy (non-hydrogen) atoms. The molecule has 0 aromatic heterocycles. The van der Waals surface area contributed by atoms with Gasteiger partial charge in [-0.1, -0.05) is 0 Å². The van der Waals surface area contributed by atoms with Crippen LogP contribution in [-0.4, -0.2) is 27.3 Å². The number of nitrogens with two attached hydrogens (primary N) is 1. The lowest BCUT2D eigenvalue weighted by atomic mass is 10.1. The molecule has 0 aliphatic carbocycles. The monoisotopic (exact) mass is 205 g/mol. The van der Waals surface area contributed by atoms with Crippen LogP contribution in [0.1, 0.15) is 5.56 Å². The molecule has 4 heteroatoms. The van der Waals surface area contributed by atoms with Crippen LogP contribution in [0, 0.1) is 11.3 Å². The number of likely N-dealkylation sites (N-methyl/N-ethyl adjacent to an activating group) is 1. The average molecular weight is 205 g/mol. The summed E-state index contributed by atoms with van der Waals surface area (Å²) >= 11 is 0. The number of anilines is 2. The highest BCUT2D eigenvalue weighted by Gasteiger charge is 2.03. The predicted octanol–water partition coefficient (Wildman–Crippen LogP) is 1.22. The van der Waals surface area contributed by atoms with E-state index in [-0.39, 0.29) is 0 Å². The van der Waals surface area contributed by atoms with Crippen LogP contribution in [-0.2, 0) is 4.74 Å². The van der Waals surface area contributed by atoms with E-state index in [0.717, 1.165) is 12.2 Å². The van der Waals surface area contributed by atoms with E-state index in [4.69, 9.17) is 15.7 Å². The molecular weight excluding hydrogens is 190 g/mol. The van der Waals surface area contributed by atoms with Crippen LogP contribution in [0.5, 0.6) is 0 Å². The van der Waals surface area contributed by atoms with Crippen molar-refractivity contribution in [2.45, 2.75) is 0 Å². The van der Waals surface area contributed by atoms with Gasteiger partial charge in [0.05, 0.1) is 17.9 Å². The number of ether oxygens (including phenoxy) is 1. The van der Waals surface area contributed by atoms with E-state index in [1.807, 2.05) is 24.1 Å². The molecular formula is C11H15N3O. The van der Waals surface area contributed by atoms with Crippen molar-refractivity contribution in [1.82, 2.24) is 0 Å². The van der Waals surface area contributed by atoms with Crippen LogP contribution >= 0.6 is 0 Å². The molecule has 0 aliphatic rings. The average Bonchev–Trinajstić information content (AvgIpc) is 2.25. The minimum absolute atomic E-state index is 0.513. The molecule has 80 valence electrons. The summed E-state index contributed by atoms with van der Waals surface area (Å²) in [6, 6.07) is 7.45. The minimum Gasteiger partial charge on any atom is -0.398 e. The van der Waals surface area contributed by atoms with Gasteiger partial charge >= 0.3 is 0 Å². The number of nitriles is 1. The highest BCUT2D eigenvalue weighted by atomic mass is 16.5. The fraction of sp³-hybridized carbons (Fsp3) is 0.364. The molecule has 1 aromatic rings. The first kappa shape index (κ1) is 11.3. The molecule has 0 fully saturated rings. The third kappa shape index (κ3) is 2.86. The van der Waals surface area contributed by atoms with Gasteiger partial charge in [0, 0.05) is 26.4 Å². The lowest BCUT2D eigenvalue weighted by molar-refractivity contribution is 0.206. The van der Waals surface area contributed by atoms with Crippen LogP contribution in [0.25, 0.3) is 0 Å². The van der Waals surface area contributed by atoms with Gasteiger partial charge in [0.2, 0.25) is 0 Å². The first-order valence-corrected chi connectivity index (χ1v) is 4.68. The highest BCUT2D eigenvalue weighted by molar-refractivity contribution is 5.63. The van der Waals surface area contributed by atoms with Gasteiger partial charge in [-0.3, -0.25) is 0 Å². The van der Waals surface area contributed by atoms with Gasteiger partial charge in [0.1, 0.15) is 6.07 Å². The van der Waals surface area contributed by atoms with Crippen molar-refractivity contribution in [3.63, 3.8) is 0 Å². The molecule has 4 nitrogen and oxygen atoms in total. The second-order valence-electron chi connectivity index (χ2n) is 3.30. The van der Waals surface area contributed by atoms with Crippen LogP contribution in [0.4, 0.5) is 11.4 Å². The van der Waals surface area contributed by atoms with Crippen molar-refractivity contribution >= 4 is 11.4 Å². The summed E-state index contributed by atoms with van der Waals surface area (Å²) in [7, 11) is 3.63. The Kier molecular flexibility index (Phi) is 3.95. The van der Waals surface area contributed by atoms with E-state index >= 15 is 0 Å². The molecule has 1 rings (SSSR count). The Labute approximate surface area is 89.9 Å².